The highest BCUT2D eigenvalue weighted by Crippen LogP contribution is 2.09. The van der Waals surface area contributed by atoms with E-state index in [9.17, 15) is 0 Å². The second-order valence-corrected chi connectivity index (χ2v) is 5.13. The smallest absolute Gasteiger partial charge is 0.0716 e. The molecule has 1 nitrogen and oxygen atoms in total. The zero-order valence-electron chi connectivity index (χ0n) is 11.3. The summed E-state index contributed by atoms with van der Waals surface area (Å²) in [5.74, 6) is 0.851. The van der Waals surface area contributed by atoms with E-state index in [4.69, 9.17) is 4.74 Å². The molecule has 0 aliphatic heterocycles. The maximum absolute atomic E-state index is 5.65. The molecular weight excluding hydrogens is 208 g/mol. The van der Waals surface area contributed by atoms with Gasteiger partial charge in [0.1, 0.15) is 0 Å². The van der Waals surface area contributed by atoms with Gasteiger partial charge in [0.25, 0.3) is 0 Å². The Bertz CT molecular complexity index is 266. The van der Waals surface area contributed by atoms with Crippen LogP contribution < -0.4 is 0 Å². The van der Waals surface area contributed by atoms with E-state index in [2.05, 4.69) is 38.1 Å². The summed E-state index contributed by atoms with van der Waals surface area (Å²) in [6, 6.07) is 10.4. The first-order valence-electron chi connectivity index (χ1n) is 6.90. The SMILES string of the molecule is CC(C)CCCCCCOCc1ccccc1. The zero-order chi connectivity index (χ0) is 12.3. The van der Waals surface area contributed by atoms with Crippen LogP contribution in [-0.4, -0.2) is 6.61 Å². The predicted octanol–water partition coefficient (Wildman–Crippen LogP) is 4.81. The summed E-state index contributed by atoms with van der Waals surface area (Å²) < 4.78 is 5.65. The largest absolute Gasteiger partial charge is 0.377 e. The summed E-state index contributed by atoms with van der Waals surface area (Å²) >= 11 is 0. The Hall–Kier alpha value is -0.820. The Labute approximate surface area is 106 Å². The van der Waals surface area contributed by atoms with Gasteiger partial charge in [0, 0.05) is 6.61 Å². The molecule has 96 valence electrons. The van der Waals surface area contributed by atoms with Gasteiger partial charge in [0.15, 0.2) is 0 Å². The minimum atomic E-state index is 0.757. The molecule has 0 N–H and O–H groups in total. The fourth-order valence-electron chi connectivity index (χ4n) is 1.87. The Kier molecular flexibility index (Phi) is 7.74. The molecule has 0 aliphatic carbocycles. The molecule has 17 heavy (non-hydrogen) atoms. The minimum absolute atomic E-state index is 0.757. The summed E-state index contributed by atoms with van der Waals surface area (Å²) in [6.45, 7) is 6.25. The van der Waals surface area contributed by atoms with E-state index in [-0.39, 0.29) is 0 Å². The van der Waals surface area contributed by atoms with E-state index < -0.39 is 0 Å². The Morgan fingerprint density at radius 1 is 0.941 bits per heavy atom. The Balaban J connectivity index is 1.88. The van der Waals surface area contributed by atoms with E-state index >= 15 is 0 Å². The highest BCUT2D eigenvalue weighted by atomic mass is 16.5. The van der Waals surface area contributed by atoms with Crippen LogP contribution in [0.5, 0.6) is 0 Å². The van der Waals surface area contributed by atoms with Crippen molar-refractivity contribution in [3.05, 3.63) is 35.9 Å². The lowest BCUT2D eigenvalue weighted by Crippen LogP contribution is -1.95. The molecule has 0 aromatic heterocycles. The second kappa shape index (κ2) is 9.23. The first-order chi connectivity index (χ1) is 8.29. The summed E-state index contributed by atoms with van der Waals surface area (Å²) in [7, 11) is 0. The lowest BCUT2D eigenvalue weighted by molar-refractivity contribution is 0.116. The van der Waals surface area contributed by atoms with Crippen molar-refractivity contribution < 1.29 is 4.74 Å². The van der Waals surface area contributed by atoms with Gasteiger partial charge in [0.05, 0.1) is 6.61 Å². The quantitative estimate of drug-likeness (QED) is 0.557. The lowest BCUT2D eigenvalue weighted by Gasteiger charge is -2.05. The molecular formula is C16H26O. The standard InChI is InChI=1S/C16H26O/c1-15(2)10-6-3-4-9-13-17-14-16-11-7-5-8-12-16/h5,7-8,11-12,15H,3-4,6,9-10,13-14H2,1-2H3. The topological polar surface area (TPSA) is 9.23 Å². The molecule has 1 aromatic carbocycles. The molecule has 0 saturated carbocycles. The third-order valence-corrected chi connectivity index (χ3v) is 2.93. The molecule has 0 aliphatic rings. The van der Waals surface area contributed by atoms with Crippen molar-refractivity contribution in [2.75, 3.05) is 6.61 Å². The van der Waals surface area contributed by atoms with Crippen molar-refractivity contribution in [3.63, 3.8) is 0 Å². The van der Waals surface area contributed by atoms with Gasteiger partial charge in [-0.05, 0) is 17.9 Å². The van der Waals surface area contributed by atoms with Gasteiger partial charge in [-0.1, -0.05) is 69.9 Å². The van der Waals surface area contributed by atoms with Gasteiger partial charge in [-0.25, -0.2) is 0 Å². The van der Waals surface area contributed by atoms with Crippen LogP contribution in [0, 0.1) is 5.92 Å². The highest BCUT2D eigenvalue weighted by Gasteiger charge is 1.95. The lowest BCUT2D eigenvalue weighted by atomic mass is 10.0. The summed E-state index contributed by atoms with van der Waals surface area (Å²) in [5.41, 5.74) is 1.27. The first-order valence-corrected chi connectivity index (χ1v) is 6.90. The van der Waals surface area contributed by atoms with Crippen LogP contribution in [0.25, 0.3) is 0 Å². The molecule has 1 heteroatoms. The van der Waals surface area contributed by atoms with Gasteiger partial charge in [-0.2, -0.15) is 0 Å². The summed E-state index contributed by atoms with van der Waals surface area (Å²) in [6.07, 6.45) is 6.60. The maximum Gasteiger partial charge on any atom is 0.0716 e. The van der Waals surface area contributed by atoms with Crippen LogP contribution in [-0.2, 0) is 11.3 Å². The van der Waals surface area contributed by atoms with Crippen molar-refractivity contribution in [1.82, 2.24) is 0 Å². The molecule has 0 fully saturated rings. The molecule has 0 unspecified atom stereocenters. The number of rotatable bonds is 9. The molecule has 0 saturated heterocycles. The number of hydrogen-bond donors (Lipinski definition) is 0. The van der Waals surface area contributed by atoms with E-state index in [0.29, 0.717) is 0 Å². The Morgan fingerprint density at radius 3 is 2.35 bits per heavy atom. The molecule has 0 radical (unpaired) electrons. The Morgan fingerprint density at radius 2 is 1.65 bits per heavy atom. The van der Waals surface area contributed by atoms with Crippen molar-refractivity contribution in [2.24, 2.45) is 5.92 Å². The molecule has 0 bridgehead atoms. The average molecular weight is 234 g/mol. The highest BCUT2D eigenvalue weighted by molar-refractivity contribution is 5.13. The van der Waals surface area contributed by atoms with Crippen LogP contribution >= 0.6 is 0 Å². The van der Waals surface area contributed by atoms with Gasteiger partial charge >= 0.3 is 0 Å². The van der Waals surface area contributed by atoms with Gasteiger partial charge < -0.3 is 4.74 Å². The fraction of sp³-hybridized carbons (Fsp3) is 0.625. The number of hydrogen-bond acceptors (Lipinski definition) is 1. The van der Waals surface area contributed by atoms with Crippen LogP contribution in [0.15, 0.2) is 30.3 Å². The van der Waals surface area contributed by atoms with E-state index in [0.717, 1.165) is 19.1 Å². The average Bonchev–Trinajstić information content (AvgIpc) is 2.33. The normalized spacial score (nSPS) is 11.0. The molecule has 0 atom stereocenters. The third-order valence-electron chi connectivity index (χ3n) is 2.93. The van der Waals surface area contributed by atoms with Gasteiger partial charge in [-0.3, -0.25) is 0 Å². The zero-order valence-corrected chi connectivity index (χ0v) is 11.3. The second-order valence-electron chi connectivity index (χ2n) is 5.13. The number of benzene rings is 1. The monoisotopic (exact) mass is 234 g/mol. The fourth-order valence-corrected chi connectivity index (χ4v) is 1.87. The van der Waals surface area contributed by atoms with E-state index in [1.54, 1.807) is 0 Å². The number of ether oxygens (including phenoxy) is 1. The minimum Gasteiger partial charge on any atom is -0.377 e. The molecule has 0 amide bonds. The van der Waals surface area contributed by atoms with Gasteiger partial charge in [-0.15, -0.1) is 0 Å². The van der Waals surface area contributed by atoms with Crippen molar-refractivity contribution in [2.45, 2.75) is 52.6 Å². The van der Waals surface area contributed by atoms with Crippen LogP contribution in [0.3, 0.4) is 0 Å². The van der Waals surface area contributed by atoms with Crippen LogP contribution in [0.4, 0.5) is 0 Å². The van der Waals surface area contributed by atoms with Crippen molar-refractivity contribution >= 4 is 0 Å². The predicted molar refractivity (Wildman–Crippen MR) is 74.0 cm³/mol. The number of unbranched alkanes of at least 4 members (excludes halogenated alkanes) is 3. The van der Waals surface area contributed by atoms with Crippen molar-refractivity contribution in [1.29, 1.82) is 0 Å². The maximum atomic E-state index is 5.65. The first kappa shape index (κ1) is 14.2. The third kappa shape index (κ3) is 7.98. The van der Waals surface area contributed by atoms with E-state index in [1.807, 2.05) is 6.07 Å². The molecule has 1 rings (SSSR count). The molecule has 0 spiro atoms. The van der Waals surface area contributed by atoms with Crippen LogP contribution in [0.1, 0.15) is 51.5 Å². The van der Waals surface area contributed by atoms with Crippen molar-refractivity contribution in [3.8, 4) is 0 Å². The van der Waals surface area contributed by atoms with Crippen LogP contribution in [0.2, 0.25) is 0 Å². The summed E-state index contributed by atoms with van der Waals surface area (Å²) in [4.78, 5) is 0. The summed E-state index contributed by atoms with van der Waals surface area (Å²) in [5, 5.41) is 0. The van der Waals surface area contributed by atoms with E-state index in [1.165, 1.54) is 37.7 Å². The molecule has 1 aromatic rings. The van der Waals surface area contributed by atoms with Gasteiger partial charge in [0.2, 0.25) is 0 Å². The molecule has 0 heterocycles.